The van der Waals surface area contributed by atoms with Crippen LogP contribution in [0.2, 0.25) is 5.02 Å². The van der Waals surface area contributed by atoms with Gasteiger partial charge in [0.1, 0.15) is 11.9 Å². The van der Waals surface area contributed by atoms with Crippen LogP contribution in [-0.4, -0.2) is 34.7 Å². The van der Waals surface area contributed by atoms with E-state index in [1.807, 2.05) is 12.1 Å². The number of anilines is 1. The van der Waals surface area contributed by atoms with Gasteiger partial charge in [-0.15, -0.1) is 0 Å². The first-order chi connectivity index (χ1) is 12.0. The van der Waals surface area contributed by atoms with Gasteiger partial charge in [-0.1, -0.05) is 17.7 Å². The number of benzene rings is 1. The van der Waals surface area contributed by atoms with Crippen LogP contribution in [0.1, 0.15) is 12.8 Å². The summed E-state index contributed by atoms with van der Waals surface area (Å²) in [7, 11) is 1.65. The number of piperidine rings is 1. The molecule has 0 saturated carbocycles. The maximum Gasteiger partial charge on any atom is 0.321 e. The lowest BCUT2D eigenvalue weighted by atomic mass is 10.1. The van der Waals surface area contributed by atoms with Crippen LogP contribution in [0, 0.1) is 0 Å². The van der Waals surface area contributed by atoms with Gasteiger partial charge >= 0.3 is 6.03 Å². The van der Waals surface area contributed by atoms with E-state index >= 15 is 0 Å². The molecule has 1 fully saturated rings. The van der Waals surface area contributed by atoms with E-state index in [9.17, 15) is 9.59 Å². The van der Waals surface area contributed by atoms with Crippen molar-refractivity contribution in [2.45, 2.75) is 18.9 Å². The molecule has 1 aliphatic rings. The summed E-state index contributed by atoms with van der Waals surface area (Å²) in [5.74, 6) is 0.751. The highest BCUT2D eigenvalue weighted by molar-refractivity contribution is 6.30. The van der Waals surface area contributed by atoms with Gasteiger partial charge in [0.2, 0.25) is 5.56 Å². The van der Waals surface area contributed by atoms with Gasteiger partial charge in [0.15, 0.2) is 0 Å². The van der Waals surface area contributed by atoms with E-state index in [1.54, 1.807) is 36.3 Å². The van der Waals surface area contributed by atoms with E-state index in [2.05, 4.69) is 5.32 Å². The SMILES string of the molecule is Cn1cc(NC(=O)N2CCC(Oc3cccc(Cl)c3)CC2)ccc1=O. The Morgan fingerprint density at radius 3 is 2.68 bits per heavy atom. The summed E-state index contributed by atoms with van der Waals surface area (Å²) in [6.07, 6.45) is 3.19. The van der Waals surface area contributed by atoms with E-state index < -0.39 is 0 Å². The number of hydrogen-bond acceptors (Lipinski definition) is 3. The summed E-state index contributed by atoms with van der Waals surface area (Å²) in [6.45, 7) is 1.23. The molecule has 1 aliphatic heterocycles. The normalized spacial score (nSPS) is 15.0. The Labute approximate surface area is 151 Å². The molecule has 1 N–H and O–H groups in total. The molecule has 2 amide bonds. The smallest absolute Gasteiger partial charge is 0.321 e. The van der Waals surface area contributed by atoms with Gasteiger partial charge in [0.25, 0.3) is 0 Å². The fraction of sp³-hybridized carbons (Fsp3) is 0.333. The Morgan fingerprint density at radius 1 is 1.24 bits per heavy atom. The summed E-state index contributed by atoms with van der Waals surface area (Å²) < 4.78 is 7.36. The summed E-state index contributed by atoms with van der Waals surface area (Å²) in [5, 5.41) is 3.47. The fourth-order valence-electron chi connectivity index (χ4n) is 2.78. The van der Waals surface area contributed by atoms with Crippen LogP contribution in [-0.2, 0) is 7.05 Å². The maximum absolute atomic E-state index is 12.3. The van der Waals surface area contributed by atoms with Crippen molar-refractivity contribution in [3.05, 3.63) is 58.0 Å². The summed E-state index contributed by atoms with van der Waals surface area (Å²) in [6, 6.07) is 10.2. The van der Waals surface area contributed by atoms with E-state index in [-0.39, 0.29) is 17.7 Å². The predicted octanol–water partition coefficient (Wildman–Crippen LogP) is 3.11. The minimum absolute atomic E-state index is 0.0695. The lowest BCUT2D eigenvalue weighted by Crippen LogP contribution is -2.43. The molecule has 0 aliphatic carbocycles. The Morgan fingerprint density at radius 2 is 2.00 bits per heavy atom. The number of aromatic nitrogens is 1. The molecular weight excluding hydrogens is 342 g/mol. The standard InChI is InChI=1S/C18H20ClN3O3/c1-21-12-14(5-6-17(21)23)20-18(24)22-9-7-15(8-10-22)25-16-4-2-3-13(19)11-16/h2-6,11-12,15H,7-10H2,1H3,(H,20,24). The Kier molecular flexibility index (Phi) is 5.28. The highest BCUT2D eigenvalue weighted by Gasteiger charge is 2.24. The lowest BCUT2D eigenvalue weighted by molar-refractivity contribution is 0.115. The quantitative estimate of drug-likeness (QED) is 0.913. The molecule has 6 nitrogen and oxygen atoms in total. The van der Waals surface area contributed by atoms with Crippen LogP contribution in [0.25, 0.3) is 0 Å². The van der Waals surface area contributed by atoms with Crippen molar-refractivity contribution in [2.75, 3.05) is 18.4 Å². The number of carbonyl (C=O) groups is 1. The zero-order valence-corrected chi connectivity index (χ0v) is 14.7. The van der Waals surface area contributed by atoms with Crippen molar-refractivity contribution in [2.24, 2.45) is 7.05 Å². The molecular formula is C18H20ClN3O3. The molecule has 3 rings (SSSR count). The molecule has 132 valence electrons. The molecule has 0 radical (unpaired) electrons. The van der Waals surface area contributed by atoms with E-state index in [4.69, 9.17) is 16.3 Å². The van der Waals surface area contributed by atoms with Crippen LogP contribution in [0.4, 0.5) is 10.5 Å². The summed E-state index contributed by atoms with van der Waals surface area (Å²) in [4.78, 5) is 25.5. The molecule has 2 aromatic rings. The Bertz CT molecular complexity index is 813. The molecule has 1 saturated heterocycles. The van der Waals surface area contributed by atoms with Gasteiger partial charge in [-0.3, -0.25) is 4.79 Å². The van der Waals surface area contributed by atoms with Crippen LogP contribution in [0.15, 0.2) is 47.4 Å². The molecule has 0 unspecified atom stereocenters. The largest absolute Gasteiger partial charge is 0.490 e. The predicted molar refractivity (Wildman–Crippen MR) is 97.4 cm³/mol. The van der Waals surface area contributed by atoms with Crippen LogP contribution in [0.3, 0.4) is 0 Å². The third-order valence-electron chi connectivity index (χ3n) is 4.17. The Balaban J connectivity index is 1.52. The summed E-state index contributed by atoms with van der Waals surface area (Å²) >= 11 is 5.96. The van der Waals surface area contributed by atoms with Crippen LogP contribution in [0.5, 0.6) is 5.75 Å². The van der Waals surface area contributed by atoms with Crippen molar-refractivity contribution >= 4 is 23.3 Å². The zero-order valence-electron chi connectivity index (χ0n) is 13.9. The van der Waals surface area contributed by atoms with Gasteiger partial charge in [0, 0.05) is 50.3 Å². The van der Waals surface area contributed by atoms with Crippen molar-refractivity contribution in [1.82, 2.24) is 9.47 Å². The molecule has 1 aromatic carbocycles. The van der Waals surface area contributed by atoms with Gasteiger partial charge in [-0.25, -0.2) is 4.79 Å². The van der Waals surface area contributed by atoms with Crippen LogP contribution >= 0.6 is 11.6 Å². The average Bonchev–Trinajstić information content (AvgIpc) is 2.59. The molecule has 0 spiro atoms. The minimum Gasteiger partial charge on any atom is -0.490 e. The number of carbonyl (C=O) groups excluding carboxylic acids is 1. The first kappa shape index (κ1) is 17.4. The number of amides is 2. The monoisotopic (exact) mass is 361 g/mol. The number of aryl methyl sites for hydroxylation is 1. The maximum atomic E-state index is 12.3. The first-order valence-corrected chi connectivity index (χ1v) is 8.54. The van der Waals surface area contributed by atoms with E-state index in [0.717, 1.165) is 18.6 Å². The van der Waals surface area contributed by atoms with Gasteiger partial charge < -0.3 is 19.5 Å². The lowest BCUT2D eigenvalue weighted by Gasteiger charge is -2.32. The number of ether oxygens (including phenoxy) is 1. The molecule has 25 heavy (non-hydrogen) atoms. The number of likely N-dealkylation sites (tertiary alicyclic amines) is 1. The van der Waals surface area contributed by atoms with Gasteiger partial charge in [-0.05, 0) is 24.3 Å². The third kappa shape index (κ3) is 4.54. The minimum atomic E-state index is -0.167. The number of hydrogen-bond donors (Lipinski definition) is 1. The Hall–Kier alpha value is -2.47. The molecule has 0 atom stereocenters. The van der Waals surface area contributed by atoms with E-state index in [0.29, 0.717) is 23.8 Å². The van der Waals surface area contributed by atoms with Gasteiger partial charge in [-0.2, -0.15) is 0 Å². The molecule has 2 heterocycles. The van der Waals surface area contributed by atoms with Crippen molar-refractivity contribution in [3.8, 4) is 5.75 Å². The molecule has 1 aromatic heterocycles. The number of nitrogens with one attached hydrogen (secondary N) is 1. The van der Waals surface area contributed by atoms with Crippen LogP contribution < -0.4 is 15.6 Å². The second-order valence-corrected chi connectivity index (χ2v) is 6.50. The van der Waals surface area contributed by atoms with Crippen molar-refractivity contribution in [3.63, 3.8) is 0 Å². The average molecular weight is 362 g/mol. The third-order valence-corrected chi connectivity index (χ3v) is 4.40. The van der Waals surface area contributed by atoms with Gasteiger partial charge in [0.05, 0.1) is 5.69 Å². The molecule has 0 bridgehead atoms. The number of nitrogens with zero attached hydrogens (tertiary/aromatic N) is 2. The fourth-order valence-corrected chi connectivity index (χ4v) is 2.96. The van der Waals surface area contributed by atoms with Crippen molar-refractivity contribution < 1.29 is 9.53 Å². The second kappa shape index (κ2) is 7.61. The first-order valence-electron chi connectivity index (χ1n) is 8.16. The summed E-state index contributed by atoms with van der Waals surface area (Å²) in [5.41, 5.74) is 0.487. The highest BCUT2D eigenvalue weighted by Crippen LogP contribution is 2.22. The van der Waals surface area contributed by atoms with Crippen molar-refractivity contribution in [1.29, 1.82) is 0 Å². The van der Waals surface area contributed by atoms with E-state index in [1.165, 1.54) is 10.6 Å². The topological polar surface area (TPSA) is 63.6 Å². The zero-order chi connectivity index (χ0) is 17.8. The molecule has 7 heteroatoms. The number of rotatable bonds is 3. The highest BCUT2D eigenvalue weighted by atomic mass is 35.5. The second-order valence-electron chi connectivity index (χ2n) is 6.06. The number of halogens is 1. The number of pyridine rings is 1. The number of urea groups is 1.